The van der Waals surface area contributed by atoms with Crippen LogP contribution in [0.25, 0.3) is 11.1 Å². The molecule has 2 aromatic carbocycles. The van der Waals surface area contributed by atoms with Gasteiger partial charge in [0, 0.05) is 23.7 Å². The number of carbonyl (C=O) groups is 1. The lowest BCUT2D eigenvalue weighted by atomic mass is 9.87. The van der Waals surface area contributed by atoms with Crippen LogP contribution in [0.3, 0.4) is 0 Å². The molecule has 0 fully saturated rings. The molecule has 0 saturated carbocycles. The second-order valence-corrected chi connectivity index (χ2v) is 6.64. The average molecular weight is 342 g/mol. The molecule has 2 aliphatic rings. The van der Waals surface area contributed by atoms with Crippen LogP contribution in [-0.4, -0.2) is 35.3 Å². The molecule has 0 atom stereocenters. The minimum Gasteiger partial charge on any atom is -0.410 e. The van der Waals surface area contributed by atoms with Crippen LogP contribution in [0.5, 0.6) is 0 Å². The maximum Gasteiger partial charge on any atom is 0.278 e. The third-order valence-corrected chi connectivity index (χ3v) is 4.90. The highest BCUT2D eigenvalue weighted by molar-refractivity contribution is 6.54. The summed E-state index contributed by atoms with van der Waals surface area (Å²) in [5.74, 6) is -0.369. The summed E-state index contributed by atoms with van der Waals surface area (Å²) in [6, 6.07) is 9.60. The fourth-order valence-corrected chi connectivity index (χ4v) is 3.72. The quantitative estimate of drug-likeness (QED) is 0.618. The predicted octanol–water partition coefficient (Wildman–Crippen LogP) is 3.13. The van der Waals surface area contributed by atoms with E-state index in [-0.39, 0.29) is 11.6 Å². The van der Waals surface area contributed by atoms with Crippen molar-refractivity contribution < 1.29 is 10.0 Å². The van der Waals surface area contributed by atoms with E-state index in [0.29, 0.717) is 10.6 Å². The molecule has 0 saturated heterocycles. The number of amides is 1. The van der Waals surface area contributed by atoms with Gasteiger partial charge in [-0.1, -0.05) is 28.9 Å². The van der Waals surface area contributed by atoms with Crippen LogP contribution in [0, 0.1) is 0 Å². The standard InChI is InChI=1S/C18H16ClN3O2/c1-22-6-5-12-13(10-3-2-4-11(19)7-10)8-14-16(15(12)9-22)20-18(23)17(14)21-24/h2-4,7-8,24H,5-6,9H2,1H3,(H,20,21,23). The molecule has 0 spiro atoms. The number of halogens is 1. The van der Waals surface area contributed by atoms with Crippen molar-refractivity contribution in [2.24, 2.45) is 5.16 Å². The smallest absolute Gasteiger partial charge is 0.278 e. The Morgan fingerprint density at radius 3 is 2.83 bits per heavy atom. The predicted molar refractivity (Wildman–Crippen MR) is 93.9 cm³/mol. The second-order valence-electron chi connectivity index (χ2n) is 6.20. The molecule has 0 aromatic heterocycles. The van der Waals surface area contributed by atoms with Crippen LogP contribution in [0.4, 0.5) is 5.69 Å². The zero-order valence-electron chi connectivity index (χ0n) is 13.1. The fraction of sp³-hybridized carbons (Fsp3) is 0.222. The first-order chi connectivity index (χ1) is 11.6. The summed E-state index contributed by atoms with van der Waals surface area (Å²) in [6.45, 7) is 1.69. The summed E-state index contributed by atoms with van der Waals surface area (Å²) in [6.07, 6.45) is 0.891. The van der Waals surface area contributed by atoms with E-state index in [1.807, 2.05) is 30.3 Å². The maximum absolute atomic E-state index is 12.1. The van der Waals surface area contributed by atoms with E-state index in [1.54, 1.807) is 0 Å². The number of nitrogens with one attached hydrogen (secondary N) is 1. The summed E-state index contributed by atoms with van der Waals surface area (Å²) in [7, 11) is 2.05. The molecule has 2 aromatic rings. The maximum atomic E-state index is 12.1. The summed E-state index contributed by atoms with van der Waals surface area (Å²) < 4.78 is 0. The highest BCUT2D eigenvalue weighted by Gasteiger charge is 2.33. The molecule has 2 N–H and O–H groups in total. The Balaban J connectivity index is 2.00. The van der Waals surface area contributed by atoms with E-state index in [2.05, 4.69) is 22.4 Å². The van der Waals surface area contributed by atoms with Crippen molar-refractivity contribution in [3.63, 3.8) is 0 Å². The van der Waals surface area contributed by atoms with Gasteiger partial charge >= 0.3 is 0 Å². The van der Waals surface area contributed by atoms with Crippen molar-refractivity contribution in [2.45, 2.75) is 13.0 Å². The van der Waals surface area contributed by atoms with Crippen LogP contribution < -0.4 is 5.32 Å². The molecule has 4 rings (SSSR count). The van der Waals surface area contributed by atoms with Gasteiger partial charge in [0.25, 0.3) is 5.91 Å². The van der Waals surface area contributed by atoms with Crippen molar-refractivity contribution in [2.75, 3.05) is 18.9 Å². The van der Waals surface area contributed by atoms with E-state index < -0.39 is 0 Å². The molecule has 0 radical (unpaired) electrons. The minimum atomic E-state index is -0.369. The minimum absolute atomic E-state index is 0.0595. The number of oxime groups is 1. The average Bonchev–Trinajstić information content (AvgIpc) is 2.89. The first-order valence-corrected chi connectivity index (χ1v) is 8.13. The van der Waals surface area contributed by atoms with Gasteiger partial charge in [0.15, 0.2) is 5.71 Å². The Bertz CT molecular complexity index is 892. The van der Waals surface area contributed by atoms with Gasteiger partial charge in [-0.25, -0.2) is 0 Å². The molecule has 1 amide bonds. The number of fused-ring (bicyclic) bond motifs is 3. The van der Waals surface area contributed by atoms with Gasteiger partial charge in [0.05, 0.1) is 5.69 Å². The monoisotopic (exact) mass is 341 g/mol. The van der Waals surface area contributed by atoms with E-state index in [1.165, 1.54) is 5.56 Å². The van der Waals surface area contributed by atoms with E-state index >= 15 is 0 Å². The van der Waals surface area contributed by atoms with E-state index in [0.717, 1.165) is 41.9 Å². The van der Waals surface area contributed by atoms with Crippen LogP contribution in [0.2, 0.25) is 5.02 Å². The Morgan fingerprint density at radius 2 is 2.08 bits per heavy atom. The number of nitrogens with zero attached hydrogens (tertiary/aromatic N) is 2. The summed E-state index contributed by atoms with van der Waals surface area (Å²) >= 11 is 6.16. The topological polar surface area (TPSA) is 64.9 Å². The SMILES string of the molecule is CN1CCc2c(-c3cccc(Cl)c3)cc3c(c2C1)NC(=O)/C3=N\O. The van der Waals surface area contributed by atoms with Crippen molar-refractivity contribution >= 4 is 28.9 Å². The Hall–Kier alpha value is -2.37. The number of hydrogen-bond acceptors (Lipinski definition) is 4. The van der Waals surface area contributed by atoms with Gasteiger partial charge in [-0.3, -0.25) is 4.79 Å². The van der Waals surface area contributed by atoms with Crippen LogP contribution in [0.1, 0.15) is 16.7 Å². The molecule has 0 unspecified atom stereocenters. The zero-order chi connectivity index (χ0) is 16.8. The Morgan fingerprint density at radius 1 is 1.25 bits per heavy atom. The van der Waals surface area contributed by atoms with Crippen molar-refractivity contribution in [1.29, 1.82) is 0 Å². The summed E-state index contributed by atoms with van der Waals surface area (Å²) in [4.78, 5) is 14.3. The molecule has 5 nitrogen and oxygen atoms in total. The molecule has 2 heterocycles. The Kier molecular flexibility index (Phi) is 3.55. The van der Waals surface area contributed by atoms with Gasteiger partial charge < -0.3 is 15.4 Å². The third-order valence-electron chi connectivity index (χ3n) is 4.67. The first kappa shape index (κ1) is 15.2. The molecule has 0 bridgehead atoms. The van der Waals surface area contributed by atoms with E-state index in [9.17, 15) is 10.0 Å². The number of anilines is 1. The van der Waals surface area contributed by atoms with Gasteiger partial charge in [0.1, 0.15) is 0 Å². The lowest BCUT2D eigenvalue weighted by molar-refractivity contribution is -0.110. The molecule has 2 aliphatic heterocycles. The highest BCUT2D eigenvalue weighted by Crippen LogP contribution is 2.40. The largest absolute Gasteiger partial charge is 0.410 e. The first-order valence-electron chi connectivity index (χ1n) is 7.75. The normalized spacial score (nSPS) is 18.4. The summed E-state index contributed by atoms with van der Waals surface area (Å²) in [5, 5.41) is 16.0. The zero-order valence-corrected chi connectivity index (χ0v) is 13.9. The Labute approximate surface area is 144 Å². The second kappa shape index (κ2) is 5.61. The molecule has 122 valence electrons. The van der Waals surface area contributed by atoms with Gasteiger partial charge in [-0.15, -0.1) is 0 Å². The summed E-state index contributed by atoms with van der Waals surface area (Å²) in [5.41, 5.74) is 5.81. The number of hydrogen-bond donors (Lipinski definition) is 2. The highest BCUT2D eigenvalue weighted by atomic mass is 35.5. The van der Waals surface area contributed by atoms with Crippen molar-refractivity contribution in [3.8, 4) is 11.1 Å². The van der Waals surface area contributed by atoms with Gasteiger partial charge in [-0.05, 0) is 53.9 Å². The molecular formula is C18H16ClN3O2. The molecule has 6 heteroatoms. The van der Waals surface area contributed by atoms with Gasteiger partial charge in [-0.2, -0.15) is 0 Å². The number of rotatable bonds is 1. The number of carbonyl (C=O) groups excluding carboxylic acids is 1. The van der Waals surface area contributed by atoms with Gasteiger partial charge in [0.2, 0.25) is 0 Å². The van der Waals surface area contributed by atoms with Crippen LogP contribution >= 0.6 is 11.6 Å². The van der Waals surface area contributed by atoms with Crippen molar-refractivity contribution in [3.05, 3.63) is 52.0 Å². The molecular weight excluding hydrogens is 326 g/mol. The molecule has 0 aliphatic carbocycles. The molecule has 24 heavy (non-hydrogen) atoms. The van der Waals surface area contributed by atoms with E-state index in [4.69, 9.17) is 11.6 Å². The third kappa shape index (κ3) is 2.28. The lowest BCUT2D eigenvalue weighted by Crippen LogP contribution is -2.27. The van der Waals surface area contributed by atoms with Crippen LogP contribution in [-0.2, 0) is 17.8 Å². The number of likely N-dealkylation sites (N-methyl/N-ethyl adjacent to an activating group) is 1. The lowest BCUT2D eigenvalue weighted by Gasteiger charge is -2.29. The fourth-order valence-electron chi connectivity index (χ4n) is 3.53. The number of benzene rings is 2. The van der Waals surface area contributed by atoms with Crippen LogP contribution in [0.15, 0.2) is 35.5 Å². The van der Waals surface area contributed by atoms with Crippen molar-refractivity contribution in [1.82, 2.24) is 4.90 Å².